The highest BCUT2D eigenvalue weighted by Crippen LogP contribution is 2.17. The van der Waals surface area contributed by atoms with Crippen molar-refractivity contribution in [2.45, 2.75) is 39.5 Å². The lowest BCUT2D eigenvalue weighted by molar-refractivity contribution is 0.685. The number of nitrogens with zero attached hydrogens (tertiary/aromatic N) is 1. The highest BCUT2D eigenvalue weighted by Gasteiger charge is 2.00. The highest BCUT2D eigenvalue weighted by molar-refractivity contribution is 5.79. The molecule has 0 radical (unpaired) electrons. The first-order valence-electron chi connectivity index (χ1n) is 6.50. The van der Waals surface area contributed by atoms with Crippen LogP contribution in [0.4, 0.5) is 5.69 Å². The van der Waals surface area contributed by atoms with E-state index in [2.05, 4.69) is 40.4 Å². The average Bonchev–Trinajstić information content (AvgIpc) is 2.68. The zero-order valence-corrected chi connectivity index (χ0v) is 10.7. The van der Waals surface area contributed by atoms with Crippen molar-refractivity contribution < 1.29 is 0 Å². The Morgan fingerprint density at radius 1 is 1.24 bits per heavy atom. The molecule has 0 spiro atoms. The first-order valence-corrected chi connectivity index (χ1v) is 6.50. The summed E-state index contributed by atoms with van der Waals surface area (Å²) in [5.41, 5.74) is 3.33. The predicted molar refractivity (Wildman–Crippen MR) is 73.5 cm³/mol. The monoisotopic (exact) mass is 231 g/mol. The van der Waals surface area contributed by atoms with E-state index in [-0.39, 0.29) is 0 Å². The maximum absolute atomic E-state index is 4.39. The summed E-state index contributed by atoms with van der Waals surface area (Å²) in [6.45, 7) is 5.28. The van der Waals surface area contributed by atoms with E-state index >= 15 is 0 Å². The smallest absolute Gasteiger partial charge is 0.104 e. The van der Waals surface area contributed by atoms with Crippen LogP contribution in [-0.4, -0.2) is 16.5 Å². The molecule has 0 saturated heterocycles. The topological polar surface area (TPSA) is 40.7 Å². The molecule has 2 rings (SSSR count). The number of fused-ring (bicyclic) bond motifs is 1. The number of rotatable bonds is 6. The molecule has 2 N–H and O–H groups in total. The third kappa shape index (κ3) is 3.22. The fourth-order valence-electron chi connectivity index (χ4n) is 2.03. The summed E-state index contributed by atoms with van der Waals surface area (Å²) in [4.78, 5) is 7.65. The van der Waals surface area contributed by atoms with Crippen LogP contribution in [0.15, 0.2) is 18.2 Å². The van der Waals surface area contributed by atoms with Gasteiger partial charge in [0.1, 0.15) is 5.82 Å². The van der Waals surface area contributed by atoms with Crippen molar-refractivity contribution in [1.82, 2.24) is 9.97 Å². The van der Waals surface area contributed by atoms with Crippen molar-refractivity contribution in [2.24, 2.45) is 0 Å². The molecule has 0 bridgehead atoms. The third-order valence-corrected chi connectivity index (χ3v) is 2.96. The molecular formula is C14H21N3. The molecule has 3 nitrogen and oxygen atoms in total. The molecule has 17 heavy (non-hydrogen) atoms. The van der Waals surface area contributed by atoms with Gasteiger partial charge in [-0.2, -0.15) is 0 Å². The average molecular weight is 231 g/mol. The molecule has 0 fully saturated rings. The van der Waals surface area contributed by atoms with E-state index in [9.17, 15) is 0 Å². The van der Waals surface area contributed by atoms with Crippen molar-refractivity contribution in [3.8, 4) is 0 Å². The van der Waals surface area contributed by atoms with Gasteiger partial charge in [0.15, 0.2) is 0 Å². The van der Waals surface area contributed by atoms with Gasteiger partial charge in [-0.1, -0.05) is 26.2 Å². The van der Waals surface area contributed by atoms with E-state index in [0.717, 1.165) is 23.4 Å². The van der Waals surface area contributed by atoms with Gasteiger partial charge in [0.2, 0.25) is 0 Å². The fourth-order valence-corrected chi connectivity index (χ4v) is 2.03. The van der Waals surface area contributed by atoms with Gasteiger partial charge in [-0.15, -0.1) is 0 Å². The Labute approximate surface area is 103 Å². The lowest BCUT2D eigenvalue weighted by atomic mass is 10.2. The van der Waals surface area contributed by atoms with E-state index in [0.29, 0.717) is 0 Å². The van der Waals surface area contributed by atoms with Gasteiger partial charge >= 0.3 is 0 Å². The first-order chi connectivity index (χ1) is 8.29. The molecule has 92 valence electrons. The second-order valence-corrected chi connectivity index (χ2v) is 4.54. The SMILES string of the molecule is CCCCCCNc1ccc2nc(C)[nH]c2c1. The number of hydrogen-bond donors (Lipinski definition) is 2. The highest BCUT2D eigenvalue weighted by atomic mass is 14.9. The van der Waals surface area contributed by atoms with Gasteiger partial charge in [-0.3, -0.25) is 0 Å². The van der Waals surface area contributed by atoms with Crippen molar-refractivity contribution in [3.05, 3.63) is 24.0 Å². The van der Waals surface area contributed by atoms with E-state index in [1.165, 1.54) is 31.4 Å². The Morgan fingerprint density at radius 3 is 2.94 bits per heavy atom. The summed E-state index contributed by atoms with van der Waals surface area (Å²) in [7, 11) is 0. The molecule has 3 heteroatoms. The van der Waals surface area contributed by atoms with Gasteiger partial charge in [0.25, 0.3) is 0 Å². The maximum Gasteiger partial charge on any atom is 0.104 e. The van der Waals surface area contributed by atoms with Crippen LogP contribution in [0.3, 0.4) is 0 Å². The van der Waals surface area contributed by atoms with Crippen LogP contribution in [0.25, 0.3) is 11.0 Å². The molecule has 0 unspecified atom stereocenters. The summed E-state index contributed by atoms with van der Waals surface area (Å²) < 4.78 is 0. The minimum atomic E-state index is 0.972. The number of aromatic amines is 1. The summed E-state index contributed by atoms with van der Waals surface area (Å²) in [6.07, 6.45) is 5.18. The second-order valence-electron chi connectivity index (χ2n) is 4.54. The van der Waals surface area contributed by atoms with Gasteiger partial charge in [0, 0.05) is 12.2 Å². The predicted octanol–water partition coefficient (Wildman–Crippen LogP) is 3.86. The van der Waals surface area contributed by atoms with Crippen LogP contribution in [0.1, 0.15) is 38.4 Å². The number of hydrogen-bond acceptors (Lipinski definition) is 2. The number of unbranched alkanes of at least 4 members (excludes halogenated alkanes) is 3. The molecule has 0 amide bonds. The van der Waals surface area contributed by atoms with Crippen LogP contribution in [0.5, 0.6) is 0 Å². The largest absolute Gasteiger partial charge is 0.385 e. The molecule has 0 saturated carbocycles. The summed E-state index contributed by atoms with van der Waals surface area (Å²) in [5.74, 6) is 0.972. The molecule has 0 aliphatic rings. The first kappa shape index (κ1) is 12.0. The van der Waals surface area contributed by atoms with E-state index < -0.39 is 0 Å². The van der Waals surface area contributed by atoms with Crippen molar-refractivity contribution in [3.63, 3.8) is 0 Å². The minimum absolute atomic E-state index is 0.972. The van der Waals surface area contributed by atoms with Crippen LogP contribution in [0, 0.1) is 6.92 Å². The lowest BCUT2D eigenvalue weighted by Crippen LogP contribution is -2.00. The lowest BCUT2D eigenvalue weighted by Gasteiger charge is -2.05. The van der Waals surface area contributed by atoms with Gasteiger partial charge in [0.05, 0.1) is 11.0 Å². The molecular weight excluding hydrogens is 210 g/mol. The Kier molecular flexibility index (Phi) is 4.02. The number of imidazole rings is 1. The second kappa shape index (κ2) is 5.71. The zero-order chi connectivity index (χ0) is 12.1. The van der Waals surface area contributed by atoms with E-state index in [1.807, 2.05) is 6.92 Å². The van der Waals surface area contributed by atoms with Crippen LogP contribution in [0.2, 0.25) is 0 Å². The summed E-state index contributed by atoms with van der Waals surface area (Å²) >= 11 is 0. The number of anilines is 1. The maximum atomic E-state index is 4.39. The Morgan fingerprint density at radius 2 is 2.12 bits per heavy atom. The Balaban J connectivity index is 1.90. The number of aromatic nitrogens is 2. The minimum Gasteiger partial charge on any atom is -0.385 e. The molecule has 1 aromatic heterocycles. The van der Waals surface area contributed by atoms with Crippen LogP contribution < -0.4 is 5.32 Å². The zero-order valence-electron chi connectivity index (χ0n) is 10.7. The van der Waals surface area contributed by atoms with Gasteiger partial charge < -0.3 is 10.3 Å². The number of benzene rings is 1. The van der Waals surface area contributed by atoms with Crippen LogP contribution in [-0.2, 0) is 0 Å². The molecule has 1 heterocycles. The number of H-pyrrole nitrogens is 1. The third-order valence-electron chi connectivity index (χ3n) is 2.96. The standard InChI is InChI=1S/C14H21N3/c1-3-4-5-6-9-15-12-7-8-13-14(10-12)17-11(2)16-13/h7-8,10,15H,3-6,9H2,1-2H3,(H,16,17). The molecule has 2 aromatic rings. The van der Waals surface area contributed by atoms with E-state index in [4.69, 9.17) is 0 Å². The fraction of sp³-hybridized carbons (Fsp3) is 0.500. The Bertz CT molecular complexity index is 473. The van der Waals surface area contributed by atoms with Crippen molar-refractivity contribution >= 4 is 16.7 Å². The number of nitrogens with one attached hydrogen (secondary N) is 2. The molecule has 0 aliphatic carbocycles. The van der Waals surface area contributed by atoms with Gasteiger partial charge in [-0.05, 0) is 31.5 Å². The summed E-state index contributed by atoms with van der Waals surface area (Å²) in [6, 6.07) is 6.30. The van der Waals surface area contributed by atoms with E-state index in [1.54, 1.807) is 0 Å². The normalized spacial score (nSPS) is 10.9. The van der Waals surface area contributed by atoms with Crippen LogP contribution >= 0.6 is 0 Å². The molecule has 1 aromatic carbocycles. The number of aryl methyl sites for hydroxylation is 1. The Hall–Kier alpha value is -1.51. The molecule has 0 atom stereocenters. The van der Waals surface area contributed by atoms with Gasteiger partial charge in [-0.25, -0.2) is 4.98 Å². The van der Waals surface area contributed by atoms with Crippen molar-refractivity contribution in [1.29, 1.82) is 0 Å². The van der Waals surface area contributed by atoms with Crippen molar-refractivity contribution in [2.75, 3.05) is 11.9 Å². The quantitative estimate of drug-likeness (QED) is 0.741. The molecule has 0 aliphatic heterocycles. The summed E-state index contributed by atoms with van der Waals surface area (Å²) in [5, 5.41) is 3.46.